The Hall–Kier alpha value is -1.26. The third-order valence-corrected chi connectivity index (χ3v) is 3.26. The molecule has 0 saturated carbocycles. The summed E-state index contributed by atoms with van der Waals surface area (Å²) in [5.41, 5.74) is 0. The zero-order chi connectivity index (χ0) is 13.7. The van der Waals surface area contributed by atoms with E-state index in [4.69, 9.17) is 16.3 Å². The minimum Gasteiger partial charge on any atom is -0.456 e. The first-order chi connectivity index (χ1) is 9.19. The summed E-state index contributed by atoms with van der Waals surface area (Å²) in [4.78, 5) is 4.23. The highest BCUT2D eigenvalue weighted by molar-refractivity contribution is 9.10. The molecule has 0 aliphatic heterocycles. The van der Waals surface area contributed by atoms with Gasteiger partial charge in [0.25, 0.3) is 0 Å². The summed E-state index contributed by atoms with van der Waals surface area (Å²) >= 11 is 9.32. The number of halogens is 2. The molecule has 19 heavy (non-hydrogen) atoms. The van der Waals surface area contributed by atoms with Crippen molar-refractivity contribution in [1.82, 2.24) is 4.98 Å². The number of hydrogen-bond acceptors (Lipinski definition) is 3. The smallest absolute Gasteiger partial charge is 0.141 e. The van der Waals surface area contributed by atoms with Crippen molar-refractivity contribution in [2.75, 3.05) is 11.9 Å². The van der Waals surface area contributed by atoms with Crippen molar-refractivity contribution in [2.45, 2.75) is 13.3 Å². The quantitative estimate of drug-likeness (QED) is 0.820. The molecule has 0 unspecified atom stereocenters. The van der Waals surface area contributed by atoms with Crippen molar-refractivity contribution in [3.8, 4) is 11.5 Å². The van der Waals surface area contributed by atoms with Gasteiger partial charge < -0.3 is 10.1 Å². The van der Waals surface area contributed by atoms with E-state index in [-0.39, 0.29) is 0 Å². The highest BCUT2D eigenvalue weighted by Gasteiger charge is 2.04. The number of ether oxygens (including phenoxy) is 1. The molecule has 1 N–H and O–H groups in total. The molecule has 1 aromatic carbocycles. The Balaban J connectivity index is 2.14. The Morgan fingerprint density at radius 1 is 1.32 bits per heavy atom. The van der Waals surface area contributed by atoms with Crippen molar-refractivity contribution in [3.05, 3.63) is 46.0 Å². The molecular weight excluding hydrogens is 328 g/mol. The highest BCUT2D eigenvalue weighted by Crippen LogP contribution is 2.32. The number of rotatable bonds is 5. The predicted octanol–water partition coefficient (Wildman–Crippen LogP) is 5.11. The molecule has 0 spiro atoms. The molecule has 0 aliphatic carbocycles. The molecule has 3 nitrogen and oxygen atoms in total. The second-order valence-corrected chi connectivity index (χ2v) is 5.27. The number of nitrogens with one attached hydrogen (secondary N) is 1. The van der Waals surface area contributed by atoms with Crippen LogP contribution in [0.3, 0.4) is 0 Å². The van der Waals surface area contributed by atoms with E-state index in [2.05, 4.69) is 33.2 Å². The van der Waals surface area contributed by atoms with Gasteiger partial charge in [0, 0.05) is 23.8 Å². The lowest BCUT2D eigenvalue weighted by Gasteiger charge is -2.09. The van der Waals surface area contributed by atoms with E-state index in [9.17, 15) is 0 Å². The number of hydrogen-bond donors (Lipinski definition) is 1. The molecular formula is C14H14BrClN2O. The minimum atomic E-state index is 0.666. The van der Waals surface area contributed by atoms with Gasteiger partial charge in [0.2, 0.25) is 0 Å². The van der Waals surface area contributed by atoms with Crippen LogP contribution >= 0.6 is 27.5 Å². The van der Waals surface area contributed by atoms with Gasteiger partial charge >= 0.3 is 0 Å². The van der Waals surface area contributed by atoms with E-state index in [1.807, 2.05) is 18.2 Å². The monoisotopic (exact) mass is 340 g/mol. The fourth-order valence-electron chi connectivity index (χ4n) is 1.51. The third-order valence-electron chi connectivity index (χ3n) is 2.41. The molecule has 0 atom stereocenters. The molecule has 0 amide bonds. The standard InChI is InChI=1S/C14H14BrClN2O/c1-2-6-17-14-9-11(5-7-18-14)19-13-4-3-10(16)8-12(13)15/h3-5,7-9H,2,6H2,1H3,(H,17,18). The second kappa shape index (κ2) is 6.78. The molecule has 5 heteroatoms. The van der Waals surface area contributed by atoms with Crippen LogP contribution < -0.4 is 10.1 Å². The van der Waals surface area contributed by atoms with Gasteiger partial charge in [-0.2, -0.15) is 0 Å². The van der Waals surface area contributed by atoms with E-state index in [0.717, 1.165) is 34.8 Å². The Morgan fingerprint density at radius 2 is 2.16 bits per heavy atom. The van der Waals surface area contributed by atoms with Gasteiger partial charge in [0.1, 0.15) is 17.3 Å². The minimum absolute atomic E-state index is 0.666. The summed E-state index contributed by atoms with van der Waals surface area (Å²) in [6, 6.07) is 9.11. The first-order valence-electron chi connectivity index (χ1n) is 6.02. The van der Waals surface area contributed by atoms with E-state index in [1.54, 1.807) is 18.3 Å². The topological polar surface area (TPSA) is 34.1 Å². The Morgan fingerprint density at radius 3 is 2.89 bits per heavy atom. The SMILES string of the molecule is CCCNc1cc(Oc2ccc(Cl)cc2Br)ccn1. The fraction of sp³-hybridized carbons (Fsp3) is 0.214. The molecule has 1 aromatic heterocycles. The Kier molecular flexibility index (Phi) is 5.05. The van der Waals surface area contributed by atoms with Gasteiger partial charge in [-0.05, 0) is 46.6 Å². The van der Waals surface area contributed by atoms with Crippen molar-refractivity contribution >= 4 is 33.3 Å². The first kappa shape index (κ1) is 14.2. The normalized spacial score (nSPS) is 10.3. The van der Waals surface area contributed by atoms with Gasteiger partial charge in [-0.3, -0.25) is 0 Å². The molecule has 0 bridgehead atoms. The van der Waals surface area contributed by atoms with Crippen LogP contribution in [0.5, 0.6) is 11.5 Å². The van der Waals surface area contributed by atoms with E-state index in [0.29, 0.717) is 5.02 Å². The van der Waals surface area contributed by atoms with Gasteiger partial charge in [-0.1, -0.05) is 18.5 Å². The third kappa shape index (κ3) is 4.11. The van der Waals surface area contributed by atoms with Crippen molar-refractivity contribution in [3.63, 3.8) is 0 Å². The average Bonchev–Trinajstić information content (AvgIpc) is 2.40. The van der Waals surface area contributed by atoms with Crippen LogP contribution in [-0.4, -0.2) is 11.5 Å². The van der Waals surface area contributed by atoms with Crippen LogP contribution in [0.1, 0.15) is 13.3 Å². The summed E-state index contributed by atoms with van der Waals surface area (Å²) < 4.78 is 6.62. The van der Waals surface area contributed by atoms with Gasteiger partial charge in [-0.25, -0.2) is 4.98 Å². The van der Waals surface area contributed by atoms with Crippen LogP contribution in [0.4, 0.5) is 5.82 Å². The maximum absolute atomic E-state index is 5.90. The lowest BCUT2D eigenvalue weighted by Crippen LogP contribution is -2.01. The highest BCUT2D eigenvalue weighted by atomic mass is 79.9. The predicted molar refractivity (Wildman–Crippen MR) is 82.2 cm³/mol. The zero-order valence-electron chi connectivity index (χ0n) is 10.5. The maximum Gasteiger partial charge on any atom is 0.141 e. The van der Waals surface area contributed by atoms with Gasteiger partial charge in [0.15, 0.2) is 0 Å². The van der Waals surface area contributed by atoms with Crippen LogP contribution in [0, 0.1) is 0 Å². The van der Waals surface area contributed by atoms with Crippen LogP contribution in [0.25, 0.3) is 0 Å². The Bertz CT molecular complexity index is 563. The largest absolute Gasteiger partial charge is 0.456 e. The van der Waals surface area contributed by atoms with E-state index in [1.165, 1.54) is 0 Å². The van der Waals surface area contributed by atoms with E-state index >= 15 is 0 Å². The molecule has 0 saturated heterocycles. The Labute approximate surface area is 126 Å². The number of benzene rings is 1. The van der Waals surface area contributed by atoms with Crippen LogP contribution in [0.15, 0.2) is 41.0 Å². The lowest BCUT2D eigenvalue weighted by molar-refractivity contribution is 0.479. The lowest BCUT2D eigenvalue weighted by atomic mass is 10.3. The summed E-state index contributed by atoms with van der Waals surface area (Å²) in [7, 11) is 0. The summed E-state index contributed by atoms with van der Waals surface area (Å²) in [6.45, 7) is 3.00. The number of aromatic nitrogens is 1. The number of anilines is 1. The van der Waals surface area contributed by atoms with Gasteiger partial charge in [-0.15, -0.1) is 0 Å². The van der Waals surface area contributed by atoms with Crippen molar-refractivity contribution in [1.29, 1.82) is 0 Å². The molecule has 0 radical (unpaired) electrons. The van der Waals surface area contributed by atoms with Crippen LogP contribution in [0.2, 0.25) is 5.02 Å². The number of pyridine rings is 1. The molecule has 0 fully saturated rings. The van der Waals surface area contributed by atoms with Crippen molar-refractivity contribution < 1.29 is 4.74 Å². The summed E-state index contributed by atoms with van der Waals surface area (Å²) in [5.74, 6) is 2.26. The molecule has 100 valence electrons. The first-order valence-corrected chi connectivity index (χ1v) is 7.19. The zero-order valence-corrected chi connectivity index (χ0v) is 12.8. The summed E-state index contributed by atoms with van der Waals surface area (Å²) in [6.07, 6.45) is 2.77. The summed E-state index contributed by atoms with van der Waals surface area (Å²) in [5, 5.41) is 3.89. The molecule has 2 aromatic rings. The fourth-order valence-corrected chi connectivity index (χ4v) is 2.27. The molecule has 0 aliphatic rings. The average molecular weight is 342 g/mol. The molecule has 2 rings (SSSR count). The van der Waals surface area contributed by atoms with Crippen LogP contribution in [-0.2, 0) is 0 Å². The van der Waals surface area contributed by atoms with Crippen molar-refractivity contribution in [2.24, 2.45) is 0 Å². The second-order valence-electron chi connectivity index (χ2n) is 3.98. The number of nitrogens with zero attached hydrogens (tertiary/aromatic N) is 1. The molecule has 1 heterocycles. The van der Waals surface area contributed by atoms with E-state index < -0.39 is 0 Å². The maximum atomic E-state index is 5.90. The van der Waals surface area contributed by atoms with Gasteiger partial charge in [0.05, 0.1) is 4.47 Å².